The summed E-state index contributed by atoms with van der Waals surface area (Å²) in [7, 11) is 0. The Morgan fingerprint density at radius 2 is 1.33 bits per heavy atom. The van der Waals surface area contributed by atoms with Gasteiger partial charge in [-0.05, 0) is 26.7 Å². The molecule has 6 heavy (non-hydrogen) atoms. The van der Waals surface area contributed by atoms with Gasteiger partial charge in [-0.25, -0.2) is 0 Å². The van der Waals surface area contributed by atoms with Crippen molar-refractivity contribution in [2.75, 3.05) is 0 Å². The molecule has 0 saturated heterocycles. The van der Waals surface area contributed by atoms with Gasteiger partial charge in [0.25, 0.3) is 0 Å². The smallest absolute Gasteiger partial charge is 0.0283 e. The molecule has 0 atom stereocenters. The van der Waals surface area contributed by atoms with Crippen LogP contribution in [0.2, 0.25) is 0 Å². The zero-order chi connectivity index (χ0) is 4.57. The van der Waals surface area contributed by atoms with Gasteiger partial charge in [0, 0.05) is 0 Å². The van der Waals surface area contributed by atoms with Crippen molar-refractivity contribution in [2.45, 2.75) is 26.7 Å². The molecule has 0 fully saturated rings. The van der Waals surface area contributed by atoms with E-state index in [2.05, 4.69) is 13.8 Å². The minimum atomic E-state index is 1.35. The van der Waals surface area contributed by atoms with Gasteiger partial charge in [0.15, 0.2) is 0 Å². The van der Waals surface area contributed by atoms with E-state index in [1.165, 1.54) is 12.8 Å². The summed E-state index contributed by atoms with van der Waals surface area (Å²) in [6.07, 6.45) is 2.71. The van der Waals surface area contributed by atoms with E-state index in [0.717, 1.165) is 0 Å². The first-order chi connectivity index (χ1) is 2.80. The fourth-order valence-electron chi connectivity index (χ4n) is 0.625. The number of allylic oxidation sites excluding steroid dienone is 2. The summed E-state index contributed by atoms with van der Waals surface area (Å²) in [5, 5.41) is 0. The third-order valence-electron chi connectivity index (χ3n) is 1.60. The molecule has 0 aromatic heterocycles. The largest absolute Gasteiger partial charge is 0.0741 e. The summed E-state index contributed by atoms with van der Waals surface area (Å²) < 4.78 is 0. The van der Waals surface area contributed by atoms with Crippen molar-refractivity contribution in [1.82, 2.24) is 0 Å². The van der Waals surface area contributed by atoms with Crippen LogP contribution in [0.1, 0.15) is 26.7 Å². The van der Waals surface area contributed by atoms with Crippen LogP contribution in [-0.4, -0.2) is 0 Å². The molecule has 0 amide bonds. The molecule has 1 aliphatic carbocycles. The highest BCUT2D eigenvalue weighted by atomic mass is 14.1. The highest BCUT2D eigenvalue weighted by Crippen LogP contribution is 2.25. The average molecular weight is 82.1 g/mol. The van der Waals surface area contributed by atoms with Crippen LogP contribution < -0.4 is 0 Å². The summed E-state index contributed by atoms with van der Waals surface area (Å²) >= 11 is 0. The standard InChI is InChI=1S/C6H10/c1-5-3-4-6(5)2/h3-4H2,1-2H3. The minimum Gasteiger partial charge on any atom is -0.0741 e. The van der Waals surface area contributed by atoms with Crippen LogP contribution >= 0.6 is 0 Å². The molecule has 1 rings (SSSR count). The fraction of sp³-hybridized carbons (Fsp3) is 0.667. The lowest BCUT2D eigenvalue weighted by Crippen LogP contribution is -1.95. The number of hydrogen-bond donors (Lipinski definition) is 0. The first kappa shape index (κ1) is 3.91. The molecule has 0 spiro atoms. The summed E-state index contributed by atoms with van der Waals surface area (Å²) in [5.41, 5.74) is 3.21. The molecule has 0 heteroatoms. The van der Waals surface area contributed by atoms with Gasteiger partial charge in [0.2, 0.25) is 0 Å². The Balaban J connectivity index is 2.66. The second-order valence-corrected chi connectivity index (χ2v) is 2.06. The molecule has 0 radical (unpaired) electrons. The summed E-state index contributed by atoms with van der Waals surface area (Å²) in [6.45, 7) is 4.41. The Bertz CT molecular complexity index is 76.2. The molecule has 0 heterocycles. The maximum atomic E-state index is 2.21. The van der Waals surface area contributed by atoms with Crippen LogP contribution in [0.15, 0.2) is 11.1 Å². The predicted octanol–water partition coefficient (Wildman–Crippen LogP) is 2.12. The minimum absolute atomic E-state index is 1.35. The van der Waals surface area contributed by atoms with Crippen molar-refractivity contribution in [3.63, 3.8) is 0 Å². The van der Waals surface area contributed by atoms with E-state index in [-0.39, 0.29) is 0 Å². The zero-order valence-electron chi connectivity index (χ0n) is 4.41. The van der Waals surface area contributed by atoms with Gasteiger partial charge in [0.05, 0.1) is 0 Å². The SMILES string of the molecule is CC1=C(C)CC1. The molecule has 34 valence electrons. The lowest BCUT2D eigenvalue weighted by Gasteiger charge is -2.15. The van der Waals surface area contributed by atoms with Crippen LogP contribution in [0.3, 0.4) is 0 Å². The highest BCUT2D eigenvalue weighted by Gasteiger charge is 2.05. The van der Waals surface area contributed by atoms with E-state index in [1.54, 1.807) is 11.1 Å². The molecule has 0 unspecified atom stereocenters. The number of rotatable bonds is 0. The van der Waals surface area contributed by atoms with E-state index >= 15 is 0 Å². The fourth-order valence-corrected chi connectivity index (χ4v) is 0.625. The Morgan fingerprint density at radius 1 is 1.00 bits per heavy atom. The Morgan fingerprint density at radius 3 is 1.33 bits per heavy atom. The van der Waals surface area contributed by atoms with Crippen molar-refractivity contribution >= 4 is 0 Å². The van der Waals surface area contributed by atoms with Gasteiger partial charge < -0.3 is 0 Å². The third-order valence-corrected chi connectivity index (χ3v) is 1.60. The lowest BCUT2D eigenvalue weighted by atomic mass is 9.92. The van der Waals surface area contributed by atoms with Gasteiger partial charge >= 0.3 is 0 Å². The molecular formula is C6H10. The number of hydrogen-bond acceptors (Lipinski definition) is 0. The zero-order valence-corrected chi connectivity index (χ0v) is 4.41. The second kappa shape index (κ2) is 1.11. The molecule has 0 bridgehead atoms. The van der Waals surface area contributed by atoms with Crippen molar-refractivity contribution in [1.29, 1.82) is 0 Å². The van der Waals surface area contributed by atoms with Crippen LogP contribution in [0.5, 0.6) is 0 Å². The van der Waals surface area contributed by atoms with Gasteiger partial charge in [0.1, 0.15) is 0 Å². The van der Waals surface area contributed by atoms with Crippen molar-refractivity contribution in [3.8, 4) is 0 Å². The molecule has 0 N–H and O–H groups in total. The average Bonchev–Trinajstić information content (AvgIpc) is 1.61. The van der Waals surface area contributed by atoms with E-state index in [0.29, 0.717) is 0 Å². The van der Waals surface area contributed by atoms with E-state index < -0.39 is 0 Å². The molecule has 0 aromatic carbocycles. The maximum Gasteiger partial charge on any atom is -0.0283 e. The van der Waals surface area contributed by atoms with Gasteiger partial charge in [-0.15, -0.1) is 0 Å². The first-order valence-electron chi connectivity index (χ1n) is 2.46. The molecule has 1 aliphatic rings. The summed E-state index contributed by atoms with van der Waals surface area (Å²) in [4.78, 5) is 0. The van der Waals surface area contributed by atoms with Crippen LogP contribution in [0.25, 0.3) is 0 Å². The molecular weight excluding hydrogens is 72.1 g/mol. The quantitative estimate of drug-likeness (QED) is 0.393. The highest BCUT2D eigenvalue weighted by molar-refractivity contribution is 5.19. The van der Waals surface area contributed by atoms with Crippen LogP contribution in [0.4, 0.5) is 0 Å². The Kier molecular flexibility index (Phi) is 0.722. The maximum absolute atomic E-state index is 2.21. The molecule has 0 saturated carbocycles. The lowest BCUT2D eigenvalue weighted by molar-refractivity contribution is 0.800. The van der Waals surface area contributed by atoms with Crippen LogP contribution in [0, 0.1) is 0 Å². The van der Waals surface area contributed by atoms with Crippen molar-refractivity contribution < 1.29 is 0 Å². The summed E-state index contributed by atoms with van der Waals surface area (Å²) in [5.74, 6) is 0. The van der Waals surface area contributed by atoms with E-state index in [4.69, 9.17) is 0 Å². The second-order valence-electron chi connectivity index (χ2n) is 2.06. The van der Waals surface area contributed by atoms with Gasteiger partial charge in [-0.2, -0.15) is 0 Å². The topological polar surface area (TPSA) is 0 Å². The molecule has 0 aliphatic heterocycles. The Labute approximate surface area is 38.9 Å². The first-order valence-corrected chi connectivity index (χ1v) is 2.46. The predicted molar refractivity (Wildman–Crippen MR) is 27.6 cm³/mol. The summed E-state index contributed by atoms with van der Waals surface area (Å²) in [6, 6.07) is 0. The van der Waals surface area contributed by atoms with E-state index in [1.807, 2.05) is 0 Å². The van der Waals surface area contributed by atoms with E-state index in [9.17, 15) is 0 Å². The van der Waals surface area contributed by atoms with Crippen molar-refractivity contribution in [2.24, 2.45) is 0 Å². The normalized spacial score (nSPS) is 21.0. The molecule has 0 aromatic rings. The monoisotopic (exact) mass is 82.1 g/mol. The third kappa shape index (κ3) is 0.368. The van der Waals surface area contributed by atoms with Crippen molar-refractivity contribution in [3.05, 3.63) is 11.1 Å². The Hall–Kier alpha value is -0.260. The van der Waals surface area contributed by atoms with Crippen LogP contribution in [-0.2, 0) is 0 Å². The van der Waals surface area contributed by atoms with Gasteiger partial charge in [-0.3, -0.25) is 0 Å². The molecule has 0 nitrogen and oxygen atoms in total. The van der Waals surface area contributed by atoms with Gasteiger partial charge in [-0.1, -0.05) is 11.1 Å².